The van der Waals surface area contributed by atoms with Gasteiger partial charge in [0.05, 0.1) is 11.1 Å². The molecule has 0 saturated carbocycles. The van der Waals surface area contributed by atoms with Crippen molar-refractivity contribution >= 4 is 56.3 Å². The van der Waals surface area contributed by atoms with Crippen LogP contribution in [0.1, 0.15) is 27.3 Å². The Hall–Kier alpha value is -3.59. The number of amides is 1. The maximum absolute atomic E-state index is 13.4. The Balaban J connectivity index is 0.00000242. The fraction of sp³-hybridized carbons (Fsp3) is 0.333. The predicted octanol–water partition coefficient (Wildman–Crippen LogP) is 4.44. The van der Waals surface area contributed by atoms with Crippen molar-refractivity contribution in [3.63, 3.8) is 0 Å². The molecule has 3 aromatic rings. The second-order valence-electron chi connectivity index (χ2n) is 9.67. The third-order valence-electron chi connectivity index (χ3n) is 7.24. The second-order valence-corrected chi connectivity index (χ2v) is 12.1. The number of nitriles is 1. The first kappa shape index (κ1) is 28.0. The summed E-state index contributed by atoms with van der Waals surface area (Å²) in [5.41, 5.74) is 3.06. The van der Waals surface area contributed by atoms with E-state index in [1.807, 2.05) is 36.1 Å². The van der Waals surface area contributed by atoms with Crippen molar-refractivity contribution in [3.8, 4) is 6.07 Å². The largest absolute Gasteiger partial charge is 0.368 e. The third-order valence-corrected chi connectivity index (χ3v) is 9.01. The average molecular weight is 605 g/mol. The number of nitrogens with zero attached hydrogens (tertiary/aromatic N) is 6. The number of halogens is 2. The normalized spacial score (nSPS) is 16.2. The van der Waals surface area contributed by atoms with Gasteiger partial charge < -0.3 is 14.7 Å². The van der Waals surface area contributed by atoms with Crippen LogP contribution in [-0.2, 0) is 21.2 Å². The fourth-order valence-corrected chi connectivity index (χ4v) is 6.47. The standard InChI is InChI=1S/C27H27Cl2N7O3S.2H2/c1-18(36-10-2-3-19-15-21(28)4-9-24(19)36)26(37)35-13-11-34(12-14-35)22-5-7-23(8-6-22)40(38,39)33-25-20(16-30)17-31-27(29)32-25;;/h4-9,15,17-18H,2-3,10-14H2,1H3,(H,31,32,33);2*1H/t18-;;/m0../s1. The van der Waals surface area contributed by atoms with Crippen molar-refractivity contribution in [3.05, 3.63) is 70.1 Å². The van der Waals surface area contributed by atoms with Gasteiger partial charge in [0.1, 0.15) is 17.7 Å². The molecule has 40 heavy (non-hydrogen) atoms. The lowest BCUT2D eigenvalue weighted by Gasteiger charge is -2.41. The maximum atomic E-state index is 13.4. The molecule has 0 bridgehead atoms. The minimum absolute atomic E-state index is 0. The number of anilines is 3. The summed E-state index contributed by atoms with van der Waals surface area (Å²) in [5.74, 6) is -0.0880. The van der Waals surface area contributed by atoms with Crippen LogP contribution in [0.2, 0.25) is 10.3 Å². The Morgan fingerprint density at radius 3 is 2.52 bits per heavy atom. The highest BCUT2D eigenvalue weighted by Gasteiger charge is 2.31. The smallest absolute Gasteiger partial charge is 0.263 e. The number of carbonyl (C=O) groups excluding carboxylic acids is 1. The van der Waals surface area contributed by atoms with Gasteiger partial charge in [0.2, 0.25) is 11.2 Å². The van der Waals surface area contributed by atoms with E-state index in [1.54, 1.807) is 12.1 Å². The van der Waals surface area contributed by atoms with E-state index >= 15 is 0 Å². The minimum atomic E-state index is -4.01. The Labute approximate surface area is 246 Å². The molecule has 0 unspecified atom stereocenters. The molecule has 1 fully saturated rings. The fourth-order valence-electron chi connectivity index (χ4n) is 5.12. The van der Waals surface area contributed by atoms with E-state index in [1.165, 1.54) is 17.7 Å². The number of hydrogen-bond acceptors (Lipinski definition) is 8. The van der Waals surface area contributed by atoms with E-state index in [9.17, 15) is 18.5 Å². The number of piperazine rings is 1. The number of aromatic nitrogens is 2. The zero-order chi connectivity index (χ0) is 28.4. The molecule has 0 aliphatic carbocycles. The molecule has 3 heterocycles. The van der Waals surface area contributed by atoms with Gasteiger partial charge in [0, 0.05) is 52.0 Å². The van der Waals surface area contributed by atoms with Gasteiger partial charge in [-0.05, 0) is 79.4 Å². The van der Waals surface area contributed by atoms with Crippen molar-refractivity contribution in [1.29, 1.82) is 5.26 Å². The van der Waals surface area contributed by atoms with Crippen LogP contribution in [0.3, 0.4) is 0 Å². The highest BCUT2D eigenvalue weighted by Crippen LogP contribution is 2.31. The van der Waals surface area contributed by atoms with Crippen LogP contribution >= 0.6 is 23.2 Å². The van der Waals surface area contributed by atoms with Crippen molar-refractivity contribution in [2.75, 3.05) is 47.2 Å². The molecule has 0 radical (unpaired) electrons. The van der Waals surface area contributed by atoms with E-state index in [2.05, 4.69) is 24.5 Å². The molecule has 1 N–H and O–H groups in total. The van der Waals surface area contributed by atoms with Gasteiger partial charge in [-0.3, -0.25) is 9.52 Å². The van der Waals surface area contributed by atoms with Crippen LogP contribution in [0.25, 0.3) is 0 Å². The summed E-state index contributed by atoms with van der Waals surface area (Å²) in [5, 5.41) is 9.74. The number of carbonyl (C=O) groups is 1. The van der Waals surface area contributed by atoms with Gasteiger partial charge in [-0.1, -0.05) is 11.6 Å². The molecular formula is C27H31Cl2N7O3S. The van der Waals surface area contributed by atoms with Crippen LogP contribution < -0.4 is 14.5 Å². The molecule has 2 aromatic carbocycles. The minimum Gasteiger partial charge on any atom is -0.368 e. The Bertz CT molecular complexity index is 1580. The van der Waals surface area contributed by atoms with Gasteiger partial charge in [-0.2, -0.15) is 10.2 Å². The number of nitrogens with one attached hydrogen (secondary N) is 1. The number of benzene rings is 2. The quantitative estimate of drug-likeness (QED) is 0.410. The SMILES string of the molecule is C[C@@H](C(=O)N1CCN(c2ccc(S(=O)(=O)Nc3nc(Cl)ncc3C#N)cc2)CC1)N1CCCc2cc(Cl)ccc21.[HH].[HH]. The lowest BCUT2D eigenvalue weighted by atomic mass is 10.00. The first-order valence-corrected chi connectivity index (χ1v) is 15.0. The van der Waals surface area contributed by atoms with Crippen LogP contribution in [0.5, 0.6) is 0 Å². The number of hydrogen-bond donors (Lipinski definition) is 1. The van der Waals surface area contributed by atoms with Gasteiger partial charge in [0.25, 0.3) is 10.0 Å². The lowest BCUT2D eigenvalue weighted by molar-refractivity contribution is -0.132. The molecule has 5 rings (SSSR count). The highest BCUT2D eigenvalue weighted by molar-refractivity contribution is 7.92. The first-order chi connectivity index (χ1) is 19.2. The summed E-state index contributed by atoms with van der Waals surface area (Å²) < 4.78 is 28.1. The number of fused-ring (bicyclic) bond motifs is 1. The Morgan fingerprint density at radius 1 is 1.10 bits per heavy atom. The van der Waals surface area contributed by atoms with E-state index in [0.717, 1.165) is 37.0 Å². The second kappa shape index (κ2) is 11.5. The van der Waals surface area contributed by atoms with Crippen molar-refractivity contribution in [2.24, 2.45) is 0 Å². The van der Waals surface area contributed by atoms with Crippen LogP contribution in [0.4, 0.5) is 17.2 Å². The van der Waals surface area contributed by atoms with Crippen molar-refractivity contribution < 1.29 is 16.1 Å². The van der Waals surface area contributed by atoms with Crippen molar-refractivity contribution in [2.45, 2.75) is 30.7 Å². The molecule has 1 atom stereocenters. The average Bonchev–Trinajstić information content (AvgIpc) is 2.96. The number of sulfonamides is 1. The zero-order valence-electron chi connectivity index (χ0n) is 21.7. The van der Waals surface area contributed by atoms with Gasteiger partial charge in [0.15, 0.2) is 5.82 Å². The van der Waals surface area contributed by atoms with Crippen LogP contribution in [0.15, 0.2) is 53.6 Å². The van der Waals surface area contributed by atoms with E-state index in [-0.39, 0.29) is 36.4 Å². The molecule has 10 nitrogen and oxygen atoms in total. The summed E-state index contributed by atoms with van der Waals surface area (Å²) in [6, 6.07) is 13.9. The summed E-state index contributed by atoms with van der Waals surface area (Å²) in [7, 11) is -4.01. The molecule has 212 valence electrons. The van der Waals surface area contributed by atoms with Crippen LogP contribution in [0, 0.1) is 11.3 Å². The van der Waals surface area contributed by atoms with Gasteiger partial charge in [-0.15, -0.1) is 0 Å². The molecule has 1 aromatic heterocycles. The topological polar surface area (TPSA) is 123 Å². The molecule has 1 saturated heterocycles. The van der Waals surface area contributed by atoms with E-state index in [0.29, 0.717) is 31.2 Å². The third kappa shape index (κ3) is 5.80. The highest BCUT2D eigenvalue weighted by atomic mass is 35.5. The van der Waals surface area contributed by atoms with E-state index < -0.39 is 10.0 Å². The van der Waals surface area contributed by atoms with Crippen molar-refractivity contribution in [1.82, 2.24) is 14.9 Å². The molecular weight excluding hydrogens is 573 g/mol. The zero-order valence-corrected chi connectivity index (χ0v) is 24.0. The molecule has 2 aliphatic rings. The monoisotopic (exact) mass is 603 g/mol. The number of rotatable bonds is 6. The molecule has 1 amide bonds. The van der Waals surface area contributed by atoms with E-state index in [4.69, 9.17) is 23.2 Å². The summed E-state index contributed by atoms with van der Waals surface area (Å²) in [6.07, 6.45) is 3.09. The number of aryl methyl sites for hydroxylation is 1. The summed E-state index contributed by atoms with van der Waals surface area (Å²) in [6.45, 7) is 5.17. The molecule has 2 aliphatic heterocycles. The predicted molar refractivity (Wildman–Crippen MR) is 159 cm³/mol. The molecule has 0 spiro atoms. The molecule has 13 heteroatoms. The first-order valence-electron chi connectivity index (χ1n) is 12.8. The Kier molecular flexibility index (Phi) is 8.03. The Morgan fingerprint density at radius 2 is 1.82 bits per heavy atom. The van der Waals surface area contributed by atoms with Crippen LogP contribution in [-0.4, -0.2) is 68.0 Å². The lowest BCUT2D eigenvalue weighted by Crippen LogP contribution is -2.55. The van der Waals surface area contributed by atoms with Gasteiger partial charge in [-0.25, -0.2) is 13.4 Å². The summed E-state index contributed by atoms with van der Waals surface area (Å²) in [4.78, 5) is 27.1. The van der Waals surface area contributed by atoms with Gasteiger partial charge >= 0.3 is 0 Å². The summed E-state index contributed by atoms with van der Waals surface area (Å²) >= 11 is 11.9. The maximum Gasteiger partial charge on any atom is 0.263 e.